The van der Waals surface area contributed by atoms with Crippen LogP contribution in [0, 0.1) is 0 Å². The summed E-state index contributed by atoms with van der Waals surface area (Å²) in [5.41, 5.74) is 3.69. The molecule has 0 fully saturated rings. The highest BCUT2D eigenvalue weighted by molar-refractivity contribution is 7.18. The van der Waals surface area contributed by atoms with Crippen LogP contribution < -0.4 is 5.32 Å². The molecule has 0 radical (unpaired) electrons. The Morgan fingerprint density at radius 1 is 0.947 bits per heavy atom. The van der Waals surface area contributed by atoms with E-state index in [0.29, 0.717) is 22.7 Å². The second-order valence-electron chi connectivity index (χ2n) is 9.65. The number of aromatic amines is 1. The number of hydrogen-bond donors (Lipinski definition) is 2. The molecule has 6 rings (SSSR count). The first-order chi connectivity index (χ1) is 18.5. The second-order valence-corrected chi connectivity index (χ2v) is 10.6. The average Bonchev–Trinajstić information content (AvgIpc) is 3.62. The van der Waals surface area contributed by atoms with Crippen LogP contribution in [-0.2, 0) is 12.8 Å². The number of carbonyl (C=O) groups excluding carboxylic acids is 2. The Hall–Kier alpha value is -4.37. The van der Waals surface area contributed by atoms with E-state index in [1.165, 1.54) is 16.2 Å². The zero-order valence-corrected chi connectivity index (χ0v) is 21.9. The summed E-state index contributed by atoms with van der Waals surface area (Å²) in [7, 11) is 0. The number of hydrogen-bond acceptors (Lipinski definition) is 7. The van der Waals surface area contributed by atoms with Gasteiger partial charge in [-0.3, -0.25) is 19.6 Å². The van der Waals surface area contributed by atoms with Crippen molar-refractivity contribution in [3.63, 3.8) is 0 Å². The van der Waals surface area contributed by atoms with Gasteiger partial charge < -0.3 is 5.32 Å². The Labute approximate surface area is 223 Å². The van der Waals surface area contributed by atoms with E-state index in [2.05, 4.69) is 38.7 Å². The standard InChI is InChI=1S/C29H26N6O2S/c1-3-9-23-22-16-19(14-15-24(22)32-31-23)25-33-34-28(38-25)30-29(2,17-18-10-5-4-6-11-18)35-26(36)20-12-7-8-13-21(20)27(35)37/h4-8,10-16H,3,9,17H2,1-2H3,(H,30,34)(H,31,32)/t29-/m0/s1. The number of nitrogens with zero attached hydrogens (tertiary/aromatic N) is 4. The highest BCUT2D eigenvalue weighted by atomic mass is 32.1. The Kier molecular flexibility index (Phi) is 6.00. The minimum Gasteiger partial charge on any atom is -0.337 e. The Morgan fingerprint density at radius 3 is 2.37 bits per heavy atom. The van der Waals surface area contributed by atoms with Gasteiger partial charge in [-0.2, -0.15) is 5.10 Å². The third-order valence-corrected chi connectivity index (χ3v) is 7.75. The second kappa shape index (κ2) is 9.50. The van der Waals surface area contributed by atoms with Crippen molar-refractivity contribution < 1.29 is 9.59 Å². The van der Waals surface area contributed by atoms with Gasteiger partial charge in [-0.15, -0.1) is 10.2 Å². The minimum absolute atomic E-state index is 0.324. The van der Waals surface area contributed by atoms with Gasteiger partial charge in [-0.1, -0.05) is 67.1 Å². The van der Waals surface area contributed by atoms with Crippen molar-refractivity contribution in [1.82, 2.24) is 25.3 Å². The molecule has 190 valence electrons. The molecule has 2 N–H and O–H groups in total. The molecule has 2 amide bonds. The molecule has 5 aromatic rings. The van der Waals surface area contributed by atoms with E-state index in [0.717, 1.165) is 45.6 Å². The number of rotatable bonds is 8. The van der Waals surface area contributed by atoms with E-state index in [1.54, 1.807) is 24.3 Å². The topological polar surface area (TPSA) is 104 Å². The molecule has 0 bridgehead atoms. The molecule has 3 aromatic carbocycles. The Balaban J connectivity index is 1.35. The Morgan fingerprint density at radius 2 is 1.66 bits per heavy atom. The summed E-state index contributed by atoms with van der Waals surface area (Å²) in [5, 5.41) is 22.1. The molecule has 1 aliphatic heterocycles. The van der Waals surface area contributed by atoms with Gasteiger partial charge in [0.1, 0.15) is 10.7 Å². The van der Waals surface area contributed by atoms with Crippen LogP contribution in [0.3, 0.4) is 0 Å². The lowest BCUT2D eigenvalue weighted by Crippen LogP contribution is -2.56. The van der Waals surface area contributed by atoms with Crippen LogP contribution in [0.4, 0.5) is 5.13 Å². The van der Waals surface area contributed by atoms with Gasteiger partial charge in [-0.25, -0.2) is 0 Å². The molecule has 1 atom stereocenters. The van der Waals surface area contributed by atoms with Crippen LogP contribution in [0.2, 0.25) is 0 Å². The largest absolute Gasteiger partial charge is 0.337 e. The third-order valence-electron chi connectivity index (χ3n) is 6.86. The summed E-state index contributed by atoms with van der Waals surface area (Å²) >= 11 is 1.39. The van der Waals surface area contributed by atoms with Gasteiger partial charge >= 0.3 is 0 Å². The number of fused-ring (bicyclic) bond motifs is 2. The zero-order chi connectivity index (χ0) is 26.3. The average molecular weight is 523 g/mol. The first-order valence-corrected chi connectivity index (χ1v) is 13.4. The lowest BCUT2D eigenvalue weighted by molar-refractivity contribution is 0.0494. The predicted octanol–water partition coefficient (Wildman–Crippen LogP) is 5.70. The van der Waals surface area contributed by atoms with Crippen molar-refractivity contribution in [2.24, 2.45) is 0 Å². The summed E-state index contributed by atoms with van der Waals surface area (Å²) in [6, 6.07) is 22.8. The fourth-order valence-corrected chi connectivity index (χ4v) is 5.93. The monoisotopic (exact) mass is 522 g/mol. The molecule has 0 spiro atoms. The zero-order valence-electron chi connectivity index (χ0n) is 21.1. The number of aryl methyl sites for hydroxylation is 1. The molecule has 0 saturated carbocycles. The fraction of sp³-hybridized carbons (Fsp3) is 0.207. The molecule has 0 unspecified atom stereocenters. The molecule has 2 aromatic heterocycles. The number of anilines is 1. The van der Waals surface area contributed by atoms with Crippen LogP contribution in [0.1, 0.15) is 52.2 Å². The quantitative estimate of drug-likeness (QED) is 0.253. The Bertz CT molecular complexity index is 1630. The molecule has 9 heteroatoms. The number of benzene rings is 3. The van der Waals surface area contributed by atoms with Crippen LogP contribution >= 0.6 is 11.3 Å². The summed E-state index contributed by atoms with van der Waals surface area (Å²) in [6.45, 7) is 4.00. The smallest absolute Gasteiger partial charge is 0.263 e. The number of nitrogens with one attached hydrogen (secondary N) is 2. The normalized spacial score (nSPS) is 14.6. The van der Waals surface area contributed by atoms with Crippen LogP contribution in [0.5, 0.6) is 0 Å². The van der Waals surface area contributed by atoms with Gasteiger partial charge in [0, 0.05) is 23.1 Å². The van der Waals surface area contributed by atoms with Crippen LogP contribution in [0.25, 0.3) is 21.5 Å². The summed E-state index contributed by atoms with van der Waals surface area (Å²) in [6.07, 6.45) is 2.34. The summed E-state index contributed by atoms with van der Waals surface area (Å²) in [4.78, 5) is 28.3. The van der Waals surface area contributed by atoms with Gasteiger partial charge in [0.05, 0.1) is 16.6 Å². The molecule has 0 aliphatic carbocycles. The highest BCUT2D eigenvalue weighted by Gasteiger charge is 2.47. The van der Waals surface area contributed by atoms with Crippen molar-refractivity contribution in [2.45, 2.75) is 38.8 Å². The highest BCUT2D eigenvalue weighted by Crippen LogP contribution is 2.35. The number of H-pyrrole nitrogens is 1. The maximum Gasteiger partial charge on any atom is 0.263 e. The van der Waals surface area contributed by atoms with Gasteiger partial charge in [-0.05, 0) is 49.2 Å². The molecular weight excluding hydrogens is 496 g/mol. The van der Waals surface area contributed by atoms with E-state index < -0.39 is 5.66 Å². The summed E-state index contributed by atoms with van der Waals surface area (Å²) in [5.74, 6) is -0.648. The van der Waals surface area contributed by atoms with Crippen LogP contribution in [0.15, 0.2) is 72.8 Å². The van der Waals surface area contributed by atoms with Crippen molar-refractivity contribution in [1.29, 1.82) is 0 Å². The van der Waals surface area contributed by atoms with Crippen LogP contribution in [-0.4, -0.2) is 42.8 Å². The number of carbonyl (C=O) groups is 2. The van der Waals surface area contributed by atoms with Crippen molar-refractivity contribution in [3.05, 3.63) is 95.2 Å². The third kappa shape index (κ3) is 4.14. The SMILES string of the molecule is CCCc1[nH]nc2ccc(-c3nnc(N[C@](C)(Cc4ccccc4)N4C(=O)c5ccccc5C4=O)s3)cc12. The number of amides is 2. The minimum atomic E-state index is -1.08. The number of aromatic nitrogens is 4. The van der Waals surface area contributed by atoms with E-state index in [4.69, 9.17) is 0 Å². The summed E-state index contributed by atoms with van der Waals surface area (Å²) < 4.78 is 0. The molecule has 0 saturated heterocycles. The number of imide groups is 1. The lowest BCUT2D eigenvalue weighted by atomic mass is 9.99. The molecule has 1 aliphatic rings. The van der Waals surface area contributed by atoms with Crippen molar-refractivity contribution in [2.75, 3.05) is 5.32 Å². The molecule has 38 heavy (non-hydrogen) atoms. The fourth-order valence-electron chi connectivity index (χ4n) is 5.07. The van der Waals surface area contributed by atoms with Crippen molar-refractivity contribution >= 4 is 39.2 Å². The molecular formula is C29H26N6O2S. The predicted molar refractivity (Wildman–Crippen MR) is 148 cm³/mol. The first-order valence-electron chi connectivity index (χ1n) is 12.6. The molecule has 3 heterocycles. The van der Waals surface area contributed by atoms with E-state index in [9.17, 15) is 9.59 Å². The first kappa shape index (κ1) is 24.0. The lowest BCUT2D eigenvalue weighted by Gasteiger charge is -2.38. The van der Waals surface area contributed by atoms with Crippen molar-refractivity contribution in [3.8, 4) is 10.6 Å². The maximum atomic E-state index is 13.5. The van der Waals surface area contributed by atoms with E-state index in [1.807, 2.05) is 49.4 Å². The van der Waals surface area contributed by atoms with Gasteiger partial charge in [0.15, 0.2) is 0 Å². The molecule has 8 nitrogen and oxygen atoms in total. The maximum absolute atomic E-state index is 13.5. The van der Waals surface area contributed by atoms with Gasteiger partial charge in [0.2, 0.25) is 5.13 Å². The van der Waals surface area contributed by atoms with E-state index in [-0.39, 0.29) is 11.8 Å². The van der Waals surface area contributed by atoms with Gasteiger partial charge in [0.25, 0.3) is 11.8 Å². The van der Waals surface area contributed by atoms with E-state index >= 15 is 0 Å².